The van der Waals surface area contributed by atoms with E-state index < -0.39 is 10.0 Å². The summed E-state index contributed by atoms with van der Waals surface area (Å²) in [6.45, 7) is 1.95. The largest absolute Gasteiger partial charge is 0.467 e. The van der Waals surface area contributed by atoms with Gasteiger partial charge in [-0.1, -0.05) is 5.16 Å². The van der Waals surface area contributed by atoms with Crippen molar-refractivity contribution in [2.24, 2.45) is 4.99 Å². The summed E-state index contributed by atoms with van der Waals surface area (Å²) in [6, 6.07) is 5.08. The summed E-state index contributed by atoms with van der Waals surface area (Å²) in [4.78, 5) is 18.1. The van der Waals surface area contributed by atoms with Crippen molar-refractivity contribution < 1.29 is 22.2 Å². The molecule has 3 rings (SSSR count). The average Bonchev–Trinajstić information content (AvgIpc) is 3.41. The maximum absolute atomic E-state index is 12.5. The zero-order valence-corrected chi connectivity index (χ0v) is 16.9. The van der Waals surface area contributed by atoms with Crippen LogP contribution in [0.25, 0.3) is 0 Å². The molecule has 0 aliphatic carbocycles. The lowest BCUT2D eigenvalue weighted by molar-refractivity contribution is -0.120. The monoisotopic (exact) mass is 424 g/mol. The van der Waals surface area contributed by atoms with Gasteiger partial charge in [-0.3, -0.25) is 9.79 Å². The van der Waals surface area contributed by atoms with E-state index in [1.54, 1.807) is 25.4 Å². The normalized spacial score (nSPS) is 16.0. The summed E-state index contributed by atoms with van der Waals surface area (Å²) in [7, 11) is -1.84. The van der Waals surface area contributed by atoms with Crippen molar-refractivity contribution in [2.75, 3.05) is 39.8 Å². The molecule has 3 heterocycles. The van der Waals surface area contributed by atoms with Crippen LogP contribution in [-0.4, -0.2) is 74.4 Å². The fourth-order valence-corrected chi connectivity index (χ4v) is 4.35. The number of carbonyl (C=O) groups is 1. The maximum atomic E-state index is 12.5. The lowest BCUT2D eigenvalue weighted by Crippen LogP contribution is -2.54. The van der Waals surface area contributed by atoms with Gasteiger partial charge in [0, 0.05) is 39.3 Å². The fraction of sp³-hybridized carbons (Fsp3) is 0.471. The number of aliphatic imine (C=N–C) groups is 1. The Kier molecular flexibility index (Phi) is 6.88. The number of sulfonamides is 1. The summed E-state index contributed by atoms with van der Waals surface area (Å²) in [5, 5.41) is 9.41. The van der Waals surface area contributed by atoms with Crippen LogP contribution in [0.15, 0.2) is 44.7 Å². The molecular weight excluding hydrogens is 400 g/mol. The topological polar surface area (TPSA) is 133 Å². The Morgan fingerprint density at radius 3 is 2.62 bits per heavy atom. The molecule has 1 aliphatic heterocycles. The van der Waals surface area contributed by atoms with E-state index in [1.807, 2.05) is 4.90 Å². The molecule has 1 amide bonds. The van der Waals surface area contributed by atoms with Crippen LogP contribution in [0, 0.1) is 0 Å². The zero-order valence-electron chi connectivity index (χ0n) is 16.1. The quantitative estimate of drug-likeness (QED) is 0.453. The molecule has 1 fully saturated rings. The Labute approximate surface area is 168 Å². The molecule has 0 aromatic carbocycles. The molecule has 12 heteroatoms. The van der Waals surface area contributed by atoms with Crippen molar-refractivity contribution in [3.05, 3.63) is 42.2 Å². The Morgan fingerprint density at radius 2 is 2.00 bits per heavy atom. The molecule has 2 N–H and O–H groups in total. The Balaban J connectivity index is 1.44. The van der Waals surface area contributed by atoms with Gasteiger partial charge in [0.05, 0.1) is 25.0 Å². The standard InChI is InChI=1S/C17H24N6O5S/c1-18-17(20-12-16(24)19-11-15-3-2-9-27-15)22-5-7-23(8-6-22)29(25,26)13-14-4-10-28-21-14/h2-4,9-10H,5-8,11-13H2,1H3,(H,18,20)(H,19,24). The van der Waals surface area contributed by atoms with Gasteiger partial charge in [0.25, 0.3) is 0 Å². The number of nitrogens with one attached hydrogen (secondary N) is 2. The van der Waals surface area contributed by atoms with E-state index in [0.29, 0.717) is 50.1 Å². The number of piperazine rings is 1. The molecule has 158 valence electrons. The number of hydrogen-bond acceptors (Lipinski definition) is 7. The number of amides is 1. The SMILES string of the molecule is CN=C(NCC(=O)NCc1ccco1)N1CCN(S(=O)(=O)Cc2ccon2)CC1. The van der Waals surface area contributed by atoms with Crippen LogP contribution in [0.2, 0.25) is 0 Å². The molecule has 0 spiro atoms. The van der Waals surface area contributed by atoms with Crippen LogP contribution >= 0.6 is 0 Å². The molecule has 11 nitrogen and oxygen atoms in total. The molecule has 1 saturated heterocycles. The first-order valence-electron chi connectivity index (χ1n) is 9.09. The molecule has 2 aromatic rings. The Bertz CT molecular complexity index is 902. The molecule has 0 unspecified atom stereocenters. The number of nitrogens with zero attached hydrogens (tertiary/aromatic N) is 4. The van der Waals surface area contributed by atoms with Crippen LogP contribution in [0.1, 0.15) is 11.5 Å². The number of rotatable bonds is 7. The second kappa shape index (κ2) is 9.56. The summed E-state index contributed by atoms with van der Waals surface area (Å²) in [5.41, 5.74) is 0.380. The van der Waals surface area contributed by atoms with E-state index in [4.69, 9.17) is 8.94 Å². The van der Waals surface area contributed by atoms with Gasteiger partial charge in [-0.25, -0.2) is 8.42 Å². The molecule has 0 bridgehead atoms. The van der Waals surface area contributed by atoms with E-state index in [9.17, 15) is 13.2 Å². The number of furan rings is 1. The minimum atomic E-state index is -3.47. The molecule has 2 aromatic heterocycles. The minimum Gasteiger partial charge on any atom is -0.467 e. The first kappa shape index (κ1) is 20.9. The van der Waals surface area contributed by atoms with Gasteiger partial charge in [-0.05, 0) is 12.1 Å². The maximum Gasteiger partial charge on any atom is 0.239 e. The van der Waals surface area contributed by atoms with Crippen LogP contribution in [0.4, 0.5) is 0 Å². The van der Waals surface area contributed by atoms with Gasteiger partial charge in [-0.2, -0.15) is 4.31 Å². The fourth-order valence-electron chi connectivity index (χ4n) is 2.92. The predicted octanol–water partition coefficient (Wildman–Crippen LogP) is -0.393. The van der Waals surface area contributed by atoms with Crippen LogP contribution < -0.4 is 10.6 Å². The van der Waals surface area contributed by atoms with Gasteiger partial charge < -0.3 is 24.5 Å². The van der Waals surface area contributed by atoms with Gasteiger partial charge in [-0.15, -0.1) is 0 Å². The highest BCUT2D eigenvalue weighted by Gasteiger charge is 2.29. The van der Waals surface area contributed by atoms with Gasteiger partial charge in [0.2, 0.25) is 15.9 Å². The Hall–Kier alpha value is -2.86. The second-order valence-corrected chi connectivity index (χ2v) is 8.36. The van der Waals surface area contributed by atoms with Crippen molar-refractivity contribution in [3.8, 4) is 0 Å². The second-order valence-electron chi connectivity index (χ2n) is 6.39. The molecule has 0 atom stereocenters. The average molecular weight is 424 g/mol. The Morgan fingerprint density at radius 1 is 1.21 bits per heavy atom. The van der Waals surface area contributed by atoms with Crippen LogP contribution in [0.5, 0.6) is 0 Å². The lowest BCUT2D eigenvalue weighted by atomic mass is 10.4. The molecule has 0 saturated carbocycles. The lowest BCUT2D eigenvalue weighted by Gasteiger charge is -2.35. The molecule has 1 aliphatic rings. The van der Waals surface area contributed by atoms with Gasteiger partial charge in [0.1, 0.15) is 17.8 Å². The highest BCUT2D eigenvalue weighted by Crippen LogP contribution is 2.12. The first-order chi connectivity index (χ1) is 14.0. The first-order valence-corrected chi connectivity index (χ1v) is 10.7. The highest BCUT2D eigenvalue weighted by atomic mass is 32.2. The number of hydrogen-bond donors (Lipinski definition) is 2. The predicted molar refractivity (Wildman–Crippen MR) is 104 cm³/mol. The van der Waals surface area contributed by atoms with Gasteiger partial charge in [0.15, 0.2) is 5.96 Å². The van der Waals surface area contributed by atoms with E-state index in [1.165, 1.54) is 16.6 Å². The number of aromatic nitrogens is 1. The van der Waals surface area contributed by atoms with E-state index in [2.05, 4.69) is 20.8 Å². The summed E-state index contributed by atoms with van der Waals surface area (Å²) < 4.78 is 36.3. The molecule has 0 radical (unpaired) electrons. The van der Waals surface area contributed by atoms with Gasteiger partial charge >= 0.3 is 0 Å². The summed E-state index contributed by atoms with van der Waals surface area (Å²) >= 11 is 0. The minimum absolute atomic E-state index is 0.0536. The number of carbonyl (C=O) groups excluding carboxylic acids is 1. The zero-order chi connectivity index (χ0) is 20.7. The van der Waals surface area contributed by atoms with Crippen molar-refractivity contribution in [3.63, 3.8) is 0 Å². The third-order valence-corrected chi connectivity index (χ3v) is 6.22. The van der Waals surface area contributed by atoms with E-state index >= 15 is 0 Å². The van der Waals surface area contributed by atoms with E-state index in [-0.39, 0.29) is 18.2 Å². The summed E-state index contributed by atoms with van der Waals surface area (Å²) in [6.07, 6.45) is 2.90. The molecular formula is C17H24N6O5S. The van der Waals surface area contributed by atoms with E-state index in [0.717, 1.165) is 0 Å². The van der Waals surface area contributed by atoms with Crippen LogP contribution in [-0.2, 0) is 27.1 Å². The smallest absolute Gasteiger partial charge is 0.239 e. The van der Waals surface area contributed by atoms with Crippen molar-refractivity contribution in [1.82, 2.24) is 25.0 Å². The van der Waals surface area contributed by atoms with Crippen LogP contribution in [0.3, 0.4) is 0 Å². The number of guanidine groups is 1. The summed E-state index contributed by atoms with van der Waals surface area (Å²) in [5.74, 6) is 0.834. The van der Waals surface area contributed by atoms with Crippen molar-refractivity contribution in [2.45, 2.75) is 12.3 Å². The third-order valence-electron chi connectivity index (χ3n) is 4.41. The molecule has 29 heavy (non-hydrogen) atoms. The van der Waals surface area contributed by atoms with Crippen molar-refractivity contribution >= 4 is 21.9 Å². The third kappa shape index (κ3) is 5.81. The highest BCUT2D eigenvalue weighted by molar-refractivity contribution is 7.88. The van der Waals surface area contributed by atoms with Crippen molar-refractivity contribution in [1.29, 1.82) is 0 Å².